The first-order valence-electron chi connectivity index (χ1n) is 9.21. The van der Waals surface area contributed by atoms with Crippen molar-refractivity contribution in [2.24, 2.45) is 0 Å². The minimum Gasteiger partial charge on any atom is -0.353 e. The predicted octanol–water partition coefficient (Wildman–Crippen LogP) is 3.37. The van der Waals surface area contributed by atoms with Crippen molar-refractivity contribution < 1.29 is 13.2 Å². The van der Waals surface area contributed by atoms with Gasteiger partial charge in [-0.1, -0.05) is 37.8 Å². The van der Waals surface area contributed by atoms with Crippen LogP contribution in [-0.2, 0) is 20.0 Å². The molecule has 2 aliphatic carbocycles. The van der Waals surface area contributed by atoms with E-state index in [0.29, 0.717) is 0 Å². The largest absolute Gasteiger partial charge is 0.353 e. The van der Waals surface area contributed by atoms with Gasteiger partial charge in [0.05, 0.1) is 16.4 Å². The molecule has 2 aliphatic rings. The minimum absolute atomic E-state index is 0.0793. The number of nitrogens with zero attached hydrogens (tertiary/aromatic N) is 1. The molecule has 0 saturated heterocycles. The van der Waals surface area contributed by atoms with Gasteiger partial charge in [-0.3, -0.25) is 4.79 Å². The summed E-state index contributed by atoms with van der Waals surface area (Å²) in [5, 5.41) is 12.6. The summed E-state index contributed by atoms with van der Waals surface area (Å²) in [7, 11) is -3.62. The Kier molecular flexibility index (Phi) is 5.47. The van der Waals surface area contributed by atoms with E-state index in [9.17, 15) is 13.2 Å². The molecule has 0 heterocycles. The average Bonchev–Trinajstić information content (AvgIpc) is 2.60. The number of allylic oxidation sites excluding steroid dienone is 1. The van der Waals surface area contributed by atoms with Crippen LogP contribution >= 0.6 is 0 Å². The molecule has 3 rings (SSSR count). The Morgan fingerprint density at radius 2 is 1.77 bits per heavy atom. The number of sulfone groups is 1. The smallest absolute Gasteiger partial charge is 0.230 e. The van der Waals surface area contributed by atoms with Crippen molar-refractivity contribution >= 4 is 15.7 Å². The van der Waals surface area contributed by atoms with Gasteiger partial charge < -0.3 is 5.32 Å². The Morgan fingerprint density at radius 3 is 2.31 bits per heavy atom. The second-order valence-corrected chi connectivity index (χ2v) is 9.08. The monoisotopic (exact) mass is 372 g/mol. The van der Waals surface area contributed by atoms with Crippen LogP contribution in [0.25, 0.3) is 0 Å². The number of carbonyl (C=O) groups excluding carboxylic acids is 1. The Morgan fingerprint density at radius 1 is 1.12 bits per heavy atom. The second kappa shape index (κ2) is 7.63. The molecule has 0 atom stereocenters. The molecular formula is C20H24N2O3S. The highest BCUT2D eigenvalue weighted by atomic mass is 32.2. The van der Waals surface area contributed by atoms with E-state index in [4.69, 9.17) is 5.26 Å². The van der Waals surface area contributed by atoms with E-state index in [2.05, 4.69) is 5.32 Å². The predicted molar refractivity (Wildman–Crippen MR) is 98.9 cm³/mol. The highest BCUT2D eigenvalue weighted by Gasteiger charge is 2.46. The second-order valence-electron chi connectivity index (χ2n) is 7.25. The molecule has 5 nitrogen and oxygen atoms in total. The first-order chi connectivity index (χ1) is 12.5. The molecule has 138 valence electrons. The number of nitriles is 1. The van der Waals surface area contributed by atoms with E-state index in [1.807, 2.05) is 0 Å². The zero-order chi connectivity index (χ0) is 18.6. The van der Waals surface area contributed by atoms with E-state index < -0.39 is 15.3 Å². The highest BCUT2D eigenvalue weighted by Crippen LogP contribution is 2.44. The SMILES string of the molecule is N#CC=CS(=O)(=O)c1ccc(C2(C(=O)NC3CCCCC3)CCC2)cc1. The van der Waals surface area contributed by atoms with Crippen LogP contribution in [0.1, 0.15) is 56.9 Å². The molecule has 0 bridgehead atoms. The van der Waals surface area contributed by atoms with Gasteiger partial charge in [0.1, 0.15) is 0 Å². The standard InChI is InChI=1S/C20H24N2O3S/c21-14-5-15-26(24,25)18-10-8-16(9-11-18)20(12-4-13-20)19(23)22-17-6-2-1-3-7-17/h5,8-11,15,17H,1-4,6-7,12-13H2,(H,22,23). The molecule has 1 aromatic rings. The van der Waals surface area contributed by atoms with Crippen LogP contribution in [0.3, 0.4) is 0 Å². The van der Waals surface area contributed by atoms with Crippen LogP contribution in [-0.4, -0.2) is 20.4 Å². The lowest BCUT2D eigenvalue weighted by molar-refractivity contribution is -0.130. The fourth-order valence-electron chi connectivity index (χ4n) is 3.91. The normalized spacial score (nSPS) is 20.3. The van der Waals surface area contributed by atoms with Crippen LogP contribution < -0.4 is 5.32 Å². The Balaban J connectivity index is 1.78. The number of nitrogens with one attached hydrogen (secondary N) is 1. The average molecular weight is 372 g/mol. The van der Waals surface area contributed by atoms with Gasteiger partial charge >= 0.3 is 0 Å². The van der Waals surface area contributed by atoms with Crippen molar-refractivity contribution in [1.29, 1.82) is 5.26 Å². The Bertz CT molecular complexity index is 825. The molecule has 26 heavy (non-hydrogen) atoms. The third kappa shape index (κ3) is 3.68. The fraction of sp³-hybridized carbons (Fsp3) is 0.500. The first-order valence-corrected chi connectivity index (χ1v) is 10.8. The number of hydrogen-bond acceptors (Lipinski definition) is 4. The number of rotatable bonds is 5. The molecule has 2 saturated carbocycles. The molecule has 1 aromatic carbocycles. The lowest BCUT2D eigenvalue weighted by atomic mass is 9.63. The quantitative estimate of drug-likeness (QED) is 0.803. The lowest BCUT2D eigenvalue weighted by Gasteiger charge is -2.42. The molecule has 0 unspecified atom stereocenters. The lowest BCUT2D eigenvalue weighted by Crippen LogP contribution is -2.52. The maximum atomic E-state index is 13.0. The van der Waals surface area contributed by atoms with E-state index in [0.717, 1.165) is 49.2 Å². The first kappa shape index (κ1) is 18.7. The van der Waals surface area contributed by atoms with Crippen molar-refractivity contribution in [3.05, 3.63) is 41.3 Å². The van der Waals surface area contributed by atoms with Gasteiger partial charge in [0.25, 0.3) is 0 Å². The number of hydrogen-bond donors (Lipinski definition) is 1. The van der Waals surface area contributed by atoms with Crippen molar-refractivity contribution in [2.45, 2.75) is 67.7 Å². The summed E-state index contributed by atoms with van der Waals surface area (Å²) in [5.74, 6) is 0.0793. The van der Waals surface area contributed by atoms with Gasteiger partial charge in [0.2, 0.25) is 15.7 Å². The molecule has 6 heteroatoms. The minimum atomic E-state index is -3.62. The van der Waals surface area contributed by atoms with Crippen molar-refractivity contribution in [1.82, 2.24) is 5.32 Å². The summed E-state index contributed by atoms with van der Waals surface area (Å²) in [6, 6.07) is 8.50. The molecule has 0 aliphatic heterocycles. The van der Waals surface area contributed by atoms with Gasteiger partial charge in [0, 0.05) is 17.5 Å². The van der Waals surface area contributed by atoms with Gasteiger partial charge in [0.15, 0.2) is 0 Å². The fourth-order valence-corrected chi connectivity index (χ4v) is 4.82. The highest BCUT2D eigenvalue weighted by molar-refractivity contribution is 7.94. The molecule has 0 radical (unpaired) electrons. The number of amides is 1. The summed E-state index contributed by atoms with van der Waals surface area (Å²) in [5.41, 5.74) is 0.350. The molecular weight excluding hydrogens is 348 g/mol. The molecule has 0 spiro atoms. The zero-order valence-corrected chi connectivity index (χ0v) is 15.6. The Labute approximate surface area is 155 Å². The van der Waals surface area contributed by atoms with Gasteiger partial charge in [-0.25, -0.2) is 8.42 Å². The van der Waals surface area contributed by atoms with E-state index >= 15 is 0 Å². The van der Waals surface area contributed by atoms with Crippen molar-refractivity contribution in [2.75, 3.05) is 0 Å². The van der Waals surface area contributed by atoms with Crippen LogP contribution in [0.15, 0.2) is 40.6 Å². The van der Waals surface area contributed by atoms with E-state index in [1.165, 1.54) is 31.4 Å². The van der Waals surface area contributed by atoms with Crippen LogP contribution in [0.4, 0.5) is 0 Å². The molecule has 1 N–H and O–H groups in total. The third-order valence-electron chi connectivity index (χ3n) is 5.64. The van der Waals surface area contributed by atoms with Crippen molar-refractivity contribution in [3.63, 3.8) is 0 Å². The number of carbonyl (C=O) groups is 1. The summed E-state index contributed by atoms with van der Waals surface area (Å²) in [4.78, 5) is 13.1. The van der Waals surface area contributed by atoms with Gasteiger partial charge in [-0.2, -0.15) is 5.26 Å². The summed E-state index contributed by atoms with van der Waals surface area (Å²) < 4.78 is 24.2. The van der Waals surface area contributed by atoms with E-state index in [-0.39, 0.29) is 16.8 Å². The van der Waals surface area contributed by atoms with Crippen molar-refractivity contribution in [3.8, 4) is 6.07 Å². The van der Waals surface area contributed by atoms with E-state index in [1.54, 1.807) is 18.2 Å². The molecule has 2 fully saturated rings. The number of benzene rings is 1. The zero-order valence-electron chi connectivity index (χ0n) is 14.8. The maximum Gasteiger partial charge on any atom is 0.230 e. The summed E-state index contributed by atoms with van der Waals surface area (Å²) in [6.45, 7) is 0. The van der Waals surface area contributed by atoms with Crippen LogP contribution in [0.5, 0.6) is 0 Å². The summed E-state index contributed by atoms with van der Waals surface area (Å²) in [6.07, 6.45) is 9.22. The summed E-state index contributed by atoms with van der Waals surface area (Å²) >= 11 is 0. The van der Waals surface area contributed by atoms with Gasteiger partial charge in [-0.05, 0) is 43.4 Å². The topological polar surface area (TPSA) is 87.0 Å². The van der Waals surface area contributed by atoms with Crippen LogP contribution in [0.2, 0.25) is 0 Å². The third-order valence-corrected chi connectivity index (χ3v) is 7.06. The molecule has 1 amide bonds. The Hall–Kier alpha value is -2.13. The maximum absolute atomic E-state index is 13.0. The molecule has 0 aromatic heterocycles. The van der Waals surface area contributed by atoms with Gasteiger partial charge in [-0.15, -0.1) is 0 Å². The van der Waals surface area contributed by atoms with Crippen LogP contribution in [0, 0.1) is 11.3 Å².